The molecular formula is C17H16F2N4OS. The molecule has 0 bridgehead atoms. The molecule has 2 aromatic heterocycles. The largest absolute Gasteiger partial charge is 0.348 e. The van der Waals surface area contributed by atoms with Gasteiger partial charge in [-0.3, -0.25) is 4.79 Å². The molecule has 1 unspecified atom stereocenters. The molecule has 3 aromatic rings. The molecule has 25 heavy (non-hydrogen) atoms. The van der Waals surface area contributed by atoms with Crippen LogP contribution in [-0.4, -0.2) is 41.4 Å². The van der Waals surface area contributed by atoms with Gasteiger partial charge in [-0.15, -0.1) is 0 Å². The van der Waals surface area contributed by atoms with Crippen LogP contribution in [0.1, 0.15) is 21.4 Å². The van der Waals surface area contributed by atoms with Crippen molar-refractivity contribution in [3.05, 3.63) is 58.7 Å². The second-order valence-electron chi connectivity index (χ2n) is 5.67. The Morgan fingerprint density at radius 3 is 2.60 bits per heavy atom. The van der Waals surface area contributed by atoms with Crippen molar-refractivity contribution in [2.75, 3.05) is 20.6 Å². The zero-order valence-corrected chi connectivity index (χ0v) is 14.5. The maximum Gasteiger partial charge on any atom is 0.280 e. The minimum atomic E-state index is -0.642. The van der Waals surface area contributed by atoms with Gasteiger partial charge in [-0.1, -0.05) is 17.4 Å². The molecule has 1 amide bonds. The van der Waals surface area contributed by atoms with Gasteiger partial charge in [0, 0.05) is 18.3 Å². The van der Waals surface area contributed by atoms with Crippen LogP contribution in [0.4, 0.5) is 8.78 Å². The lowest BCUT2D eigenvalue weighted by atomic mass is 10.0. The third kappa shape index (κ3) is 3.64. The molecule has 8 heteroatoms. The molecule has 130 valence electrons. The number of fused-ring (bicyclic) bond motifs is 1. The summed E-state index contributed by atoms with van der Waals surface area (Å²) in [6, 6.07) is 6.59. The maximum atomic E-state index is 14.0. The second-order valence-corrected chi connectivity index (χ2v) is 6.65. The number of amides is 1. The molecule has 1 aromatic carbocycles. The van der Waals surface area contributed by atoms with Crippen LogP contribution >= 0.6 is 11.3 Å². The highest BCUT2D eigenvalue weighted by atomic mass is 32.1. The lowest BCUT2D eigenvalue weighted by Crippen LogP contribution is -2.35. The molecule has 0 aliphatic carbocycles. The fourth-order valence-electron chi connectivity index (χ4n) is 2.50. The maximum absolute atomic E-state index is 14.0. The minimum absolute atomic E-state index is 0.0487. The van der Waals surface area contributed by atoms with E-state index in [2.05, 4.69) is 15.3 Å². The highest BCUT2D eigenvalue weighted by Crippen LogP contribution is 2.24. The number of thiazole rings is 1. The summed E-state index contributed by atoms with van der Waals surface area (Å²) < 4.78 is 28.1. The Kier molecular flexibility index (Phi) is 5.00. The van der Waals surface area contributed by atoms with Gasteiger partial charge in [-0.2, -0.15) is 0 Å². The van der Waals surface area contributed by atoms with Gasteiger partial charge in [0.1, 0.15) is 22.0 Å². The Morgan fingerprint density at radius 1 is 1.24 bits per heavy atom. The van der Waals surface area contributed by atoms with Gasteiger partial charge in [0.15, 0.2) is 5.01 Å². The first kappa shape index (κ1) is 17.4. The number of nitrogens with one attached hydrogen (secondary N) is 1. The Labute approximate surface area is 147 Å². The van der Waals surface area contributed by atoms with Crippen molar-refractivity contribution in [3.8, 4) is 0 Å². The third-order valence-electron chi connectivity index (χ3n) is 3.77. The molecule has 0 radical (unpaired) electrons. The van der Waals surface area contributed by atoms with Gasteiger partial charge in [0.2, 0.25) is 0 Å². The number of halogens is 2. The number of pyridine rings is 1. The SMILES string of the molecule is CN(C)C(CNC(=O)c1nc2cccnc2s1)c1c(F)cccc1F. The predicted molar refractivity (Wildman–Crippen MR) is 92.5 cm³/mol. The molecule has 0 aliphatic rings. The van der Waals surface area contributed by atoms with E-state index in [1.807, 2.05) is 0 Å². The Bertz CT molecular complexity index is 859. The summed E-state index contributed by atoms with van der Waals surface area (Å²) in [7, 11) is 3.40. The van der Waals surface area contributed by atoms with Crippen molar-refractivity contribution in [2.24, 2.45) is 0 Å². The molecule has 0 saturated heterocycles. The Balaban J connectivity index is 1.78. The van der Waals surface area contributed by atoms with Gasteiger partial charge in [0.25, 0.3) is 5.91 Å². The number of hydrogen-bond donors (Lipinski definition) is 1. The van der Waals surface area contributed by atoms with Crippen LogP contribution in [0.5, 0.6) is 0 Å². The van der Waals surface area contributed by atoms with E-state index in [4.69, 9.17) is 0 Å². The summed E-state index contributed by atoms with van der Waals surface area (Å²) in [5.41, 5.74) is 0.570. The molecule has 0 spiro atoms. The van der Waals surface area contributed by atoms with Crippen LogP contribution in [-0.2, 0) is 0 Å². The number of benzene rings is 1. The van der Waals surface area contributed by atoms with Gasteiger partial charge < -0.3 is 10.2 Å². The van der Waals surface area contributed by atoms with Crippen molar-refractivity contribution in [3.63, 3.8) is 0 Å². The number of hydrogen-bond acceptors (Lipinski definition) is 5. The van der Waals surface area contributed by atoms with Crippen molar-refractivity contribution in [2.45, 2.75) is 6.04 Å². The smallest absolute Gasteiger partial charge is 0.280 e. The van der Waals surface area contributed by atoms with Crippen LogP contribution in [0.25, 0.3) is 10.3 Å². The summed E-state index contributed by atoms with van der Waals surface area (Å²) in [5.74, 6) is -1.68. The molecule has 1 N–H and O–H groups in total. The highest BCUT2D eigenvalue weighted by molar-refractivity contribution is 7.19. The normalized spacial score (nSPS) is 12.5. The number of aromatic nitrogens is 2. The fraction of sp³-hybridized carbons (Fsp3) is 0.235. The first-order valence-corrected chi connectivity index (χ1v) is 8.39. The zero-order chi connectivity index (χ0) is 18.0. The van der Waals surface area contributed by atoms with E-state index in [-0.39, 0.29) is 17.1 Å². The van der Waals surface area contributed by atoms with Crippen LogP contribution in [0.2, 0.25) is 0 Å². The summed E-state index contributed by atoms with van der Waals surface area (Å²) in [6.45, 7) is 0.0487. The highest BCUT2D eigenvalue weighted by Gasteiger charge is 2.23. The topological polar surface area (TPSA) is 58.1 Å². The summed E-state index contributed by atoms with van der Waals surface area (Å²) in [5, 5.41) is 2.96. The standard InChI is InChI=1S/C17H16F2N4OS/c1-23(2)13(14-10(18)5-3-6-11(14)19)9-21-15(24)17-22-12-7-4-8-20-16(12)25-17/h3-8,13H,9H2,1-2H3,(H,21,24). The average Bonchev–Trinajstić information content (AvgIpc) is 3.01. The number of carbonyl (C=O) groups excluding carboxylic acids is 1. The van der Waals surface area contributed by atoms with Crippen molar-refractivity contribution < 1.29 is 13.6 Å². The number of carbonyl (C=O) groups is 1. The van der Waals surface area contributed by atoms with Gasteiger partial charge in [-0.05, 0) is 38.4 Å². The van der Waals surface area contributed by atoms with E-state index in [9.17, 15) is 13.6 Å². The summed E-state index contributed by atoms with van der Waals surface area (Å²) >= 11 is 1.17. The molecule has 5 nitrogen and oxygen atoms in total. The van der Waals surface area contributed by atoms with Crippen LogP contribution in [0.15, 0.2) is 36.5 Å². The van der Waals surface area contributed by atoms with E-state index in [0.717, 1.165) is 0 Å². The monoisotopic (exact) mass is 362 g/mol. The fourth-order valence-corrected chi connectivity index (χ4v) is 3.33. The lowest BCUT2D eigenvalue weighted by Gasteiger charge is -2.25. The molecular weight excluding hydrogens is 346 g/mol. The van der Waals surface area contributed by atoms with E-state index in [1.165, 1.54) is 29.5 Å². The second kappa shape index (κ2) is 7.20. The molecule has 2 heterocycles. The van der Waals surface area contributed by atoms with Crippen molar-refractivity contribution in [1.82, 2.24) is 20.2 Å². The molecule has 1 atom stereocenters. The molecule has 0 fully saturated rings. The van der Waals surface area contributed by atoms with Crippen LogP contribution < -0.4 is 5.32 Å². The Hall–Kier alpha value is -2.45. The first-order chi connectivity index (χ1) is 12.0. The van der Waals surface area contributed by atoms with Crippen LogP contribution in [0.3, 0.4) is 0 Å². The van der Waals surface area contributed by atoms with Crippen molar-refractivity contribution >= 4 is 27.6 Å². The number of nitrogens with zero attached hydrogens (tertiary/aromatic N) is 3. The summed E-state index contributed by atoms with van der Waals surface area (Å²) in [4.78, 5) is 23.0. The predicted octanol–water partition coefficient (Wildman–Crippen LogP) is 3.00. The van der Waals surface area contributed by atoms with E-state index in [0.29, 0.717) is 10.3 Å². The van der Waals surface area contributed by atoms with E-state index in [1.54, 1.807) is 37.3 Å². The number of likely N-dealkylation sites (N-methyl/N-ethyl adjacent to an activating group) is 1. The zero-order valence-electron chi connectivity index (χ0n) is 13.7. The quantitative estimate of drug-likeness (QED) is 0.758. The van der Waals surface area contributed by atoms with Gasteiger partial charge in [0.05, 0.1) is 6.04 Å². The van der Waals surface area contributed by atoms with Crippen molar-refractivity contribution in [1.29, 1.82) is 0 Å². The van der Waals surface area contributed by atoms with E-state index >= 15 is 0 Å². The van der Waals surface area contributed by atoms with Crippen LogP contribution in [0, 0.1) is 11.6 Å². The number of rotatable bonds is 5. The lowest BCUT2D eigenvalue weighted by molar-refractivity contribution is 0.0940. The molecule has 0 saturated carbocycles. The first-order valence-electron chi connectivity index (χ1n) is 7.57. The molecule has 0 aliphatic heterocycles. The van der Waals surface area contributed by atoms with Gasteiger partial charge in [-0.25, -0.2) is 18.7 Å². The average molecular weight is 362 g/mol. The molecule has 3 rings (SSSR count). The minimum Gasteiger partial charge on any atom is -0.348 e. The Morgan fingerprint density at radius 2 is 1.96 bits per heavy atom. The van der Waals surface area contributed by atoms with Gasteiger partial charge >= 0.3 is 0 Å². The van der Waals surface area contributed by atoms with E-state index < -0.39 is 23.6 Å². The summed E-state index contributed by atoms with van der Waals surface area (Å²) in [6.07, 6.45) is 1.63. The third-order valence-corrected chi connectivity index (χ3v) is 4.75.